The van der Waals surface area contributed by atoms with Crippen molar-refractivity contribution in [2.45, 2.75) is 38.1 Å². The topological polar surface area (TPSA) is 57.3 Å². The van der Waals surface area contributed by atoms with Crippen LogP contribution in [0.3, 0.4) is 0 Å². The lowest BCUT2D eigenvalue weighted by Crippen LogP contribution is -2.35. The van der Waals surface area contributed by atoms with E-state index in [2.05, 4.69) is 20.5 Å². The minimum absolute atomic E-state index is 0. The number of hydrogen-bond donors (Lipinski definition) is 2. The Morgan fingerprint density at radius 2 is 1.95 bits per heavy atom. The monoisotopic (exact) mass is 346 g/mol. The van der Waals surface area contributed by atoms with Crippen LogP contribution in [0, 0.1) is 0 Å². The molecule has 3 heterocycles. The van der Waals surface area contributed by atoms with Crippen LogP contribution in [-0.2, 0) is 4.79 Å². The molecule has 7 heteroatoms. The maximum absolute atomic E-state index is 12.0. The van der Waals surface area contributed by atoms with Crippen LogP contribution in [0.25, 0.3) is 0 Å². The van der Waals surface area contributed by atoms with E-state index in [-0.39, 0.29) is 36.8 Å². The maximum Gasteiger partial charge on any atom is 0.241 e. The van der Waals surface area contributed by atoms with Crippen molar-refractivity contribution in [2.75, 3.05) is 29.9 Å². The lowest BCUT2D eigenvalue weighted by Gasteiger charge is -2.27. The van der Waals surface area contributed by atoms with Gasteiger partial charge < -0.3 is 15.5 Å². The number of piperidine rings is 1. The third-order valence-electron chi connectivity index (χ3n) is 4.07. The molecule has 2 N–H and O–H groups in total. The molecule has 0 bridgehead atoms. The van der Waals surface area contributed by atoms with Gasteiger partial charge in [-0.2, -0.15) is 0 Å². The molecule has 2 fully saturated rings. The first-order chi connectivity index (χ1) is 9.83. The second-order valence-corrected chi connectivity index (χ2v) is 5.59. The molecule has 0 spiro atoms. The zero-order valence-electron chi connectivity index (χ0n) is 12.6. The Morgan fingerprint density at radius 1 is 1.18 bits per heavy atom. The number of halogens is 2. The van der Waals surface area contributed by atoms with Gasteiger partial charge in [0.1, 0.15) is 5.82 Å². The molecule has 2 aliphatic heterocycles. The molecular weight excluding hydrogens is 323 g/mol. The number of amides is 1. The molecule has 124 valence electrons. The first-order valence-corrected chi connectivity index (χ1v) is 7.58. The summed E-state index contributed by atoms with van der Waals surface area (Å²) in [7, 11) is 0. The molecule has 1 aromatic heterocycles. The van der Waals surface area contributed by atoms with Crippen molar-refractivity contribution in [3.05, 3.63) is 18.3 Å². The molecule has 1 atom stereocenters. The van der Waals surface area contributed by atoms with Crippen molar-refractivity contribution in [1.82, 2.24) is 10.3 Å². The fourth-order valence-corrected chi connectivity index (χ4v) is 2.91. The van der Waals surface area contributed by atoms with E-state index in [0.717, 1.165) is 44.0 Å². The normalized spacial score (nSPS) is 20.7. The molecule has 0 saturated carbocycles. The summed E-state index contributed by atoms with van der Waals surface area (Å²) in [6.07, 6.45) is 7.56. The zero-order chi connectivity index (χ0) is 13.8. The quantitative estimate of drug-likeness (QED) is 0.883. The lowest BCUT2D eigenvalue weighted by atomic mass is 10.1. The van der Waals surface area contributed by atoms with Gasteiger partial charge in [-0.3, -0.25) is 4.79 Å². The van der Waals surface area contributed by atoms with Gasteiger partial charge in [-0.1, -0.05) is 0 Å². The largest absolute Gasteiger partial charge is 0.357 e. The molecule has 0 aliphatic carbocycles. The Labute approximate surface area is 144 Å². The summed E-state index contributed by atoms with van der Waals surface area (Å²) in [5.74, 6) is 1.07. The fraction of sp³-hybridized carbons (Fsp3) is 0.600. The van der Waals surface area contributed by atoms with Gasteiger partial charge in [0.15, 0.2) is 0 Å². The first-order valence-electron chi connectivity index (χ1n) is 7.58. The van der Waals surface area contributed by atoms with Crippen LogP contribution >= 0.6 is 24.8 Å². The minimum Gasteiger partial charge on any atom is -0.357 e. The highest BCUT2D eigenvalue weighted by atomic mass is 35.5. The number of rotatable bonds is 3. The summed E-state index contributed by atoms with van der Waals surface area (Å²) in [6.45, 7) is 3.11. The van der Waals surface area contributed by atoms with Gasteiger partial charge in [-0.15, -0.1) is 24.8 Å². The number of aromatic nitrogens is 1. The van der Waals surface area contributed by atoms with Gasteiger partial charge in [0.05, 0.1) is 17.9 Å². The summed E-state index contributed by atoms with van der Waals surface area (Å²) in [5, 5.41) is 6.13. The van der Waals surface area contributed by atoms with Crippen LogP contribution in [0.1, 0.15) is 32.1 Å². The Hall–Kier alpha value is -1.04. The number of hydrogen-bond acceptors (Lipinski definition) is 4. The number of anilines is 2. The summed E-state index contributed by atoms with van der Waals surface area (Å²) < 4.78 is 0. The third-order valence-corrected chi connectivity index (χ3v) is 4.07. The van der Waals surface area contributed by atoms with Crippen molar-refractivity contribution in [1.29, 1.82) is 0 Å². The van der Waals surface area contributed by atoms with Crippen molar-refractivity contribution < 1.29 is 4.79 Å². The van der Waals surface area contributed by atoms with E-state index in [4.69, 9.17) is 0 Å². The number of nitrogens with one attached hydrogen (secondary N) is 2. The van der Waals surface area contributed by atoms with Gasteiger partial charge in [0.2, 0.25) is 5.91 Å². The zero-order valence-corrected chi connectivity index (χ0v) is 14.2. The van der Waals surface area contributed by atoms with Crippen LogP contribution in [0.5, 0.6) is 0 Å². The number of nitrogens with zero attached hydrogens (tertiary/aromatic N) is 2. The molecule has 22 heavy (non-hydrogen) atoms. The Morgan fingerprint density at radius 3 is 2.55 bits per heavy atom. The Bertz CT molecular complexity index is 457. The second-order valence-electron chi connectivity index (χ2n) is 5.59. The molecule has 2 saturated heterocycles. The summed E-state index contributed by atoms with van der Waals surface area (Å²) in [5.41, 5.74) is 0.782. The van der Waals surface area contributed by atoms with E-state index >= 15 is 0 Å². The molecule has 3 rings (SSSR count). The highest BCUT2D eigenvalue weighted by Gasteiger charge is 2.22. The van der Waals surface area contributed by atoms with Crippen LogP contribution in [0.15, 0.2) is 18.3 Å². The SMILES string of the molecule is Cl.Cl.O=C(Nc1ccc(N2CCCCC2)nc1)C1CCCN1. The highest BCUT2D eigenvalue weighted by Crippen LogP contribution is 2.19. The summed E-state index contributed by atoms with van der Waals surface area (Å²) >= 11 is 0. The van der Waals surface area contributed by atoms with E-state index in [9.17, 15) is 4.79 Å². The van der Waals surface area contributed by atoms with E-state index < -0.39 is 0 Å². The number of pyridine rings is 1. The van der Waals surface area contributed by atoms with Gasteiger partial charge in [-0.25, -0.2) is 4.98 Å². The second kappa shape index (κ2) is 9.18. The standard InChI is InChI=1S/C15H22N4O.2ClH/c20-15(13-5-4-8-16-13)18-12-6-7-14(17-11-12)19-9-2-1-3-10-19;;/h6-7,11,13,16H,1-5,8-10H2,(H,18,20);2*1H. The number of carbonyl (C=O) groups excluding carboxylic acids is 1. The number of carbonyl (C=O) groups is 1. The molecular formula is C15H24Cl2N4O. The third kappa shape index (κ3) is 4.73. The van der Waals surface area contributed by atoms with Crippen LogP contribution < -0.4 is 15.5 Å². The van der Waals surface area contributed by atoms with Gasteiger partial charge in [0, 0.05) is 13.1 Å². The molecule has 1 aromatic rings. The Balaban J connectivity index is 0.00000121. The smallest absolute Gasteiger partial charge is 0.241 e. The molecule has 0 radical (unpaired) electrons. The highest BCUT2D eigenvalue weighted by molar-refractivity contribution is 5.94. The summed E-state index contributed by atoms with van der Waals surface area (Å²) in [4.78, 5) is 18.8. The predicted octanol–water partition coefficient (Wildman–Crippen LogP) is 2.61. The van der Waals surface area contributed by atoms with Crippen molar-refractivity contribution in [3.8, 4) is 0 Å². The van der Waals surface area contributed by atoms with Crippen LogP contribution in [-0.4, -0.2) is 36.6 Å². The molecule has 2 aliphatic rings. The van der Waals surface area contributed by atoms with Crippen LogP contribution in [0.2, 0.25) is 0 Å². The minimum atomic E-state index is -0.0447. The predicted molar refractivity (Wildman–Crippen MR) is 94.5 cm³/mol. The van der Waals surface area contributed by atoms with Crippen molar-refractivity contribution >= 4 is 42.2 Å². The summed E-state index contributed by atoms with van der Waals surface area (Å²) in [6, 6.07) is 3.91. The van der Waals surface area contributed by atoms with Crippen molar-refractivity contribution in [3.63, 3.8) is 0 Å². The van der Waals surface area contributed by atoms with E-state index in [1.807, 2.05) is 12.1 Å². The first kappa shape index (κ1) is 19.0. The van der Waals surface area contributed by atoms with Gasteiger partial charge in [0.25, 0.3) is 0 Å². The lowest BCUT2D eigenvalue weighted by molar-refractivity contribution is -0.117. The van der Waals surface area contributed by atoms with Crippen LogP contribution in [0.4, 0.5) is 11.5 Å². The van der Waals surface area contributed by atoms with E-state index in [1.165, 1.54) is 19.3 Å². The van der Waals surface area contributed by atoms with Gasteiger partial charge >= 0.3 is 0 Å². The fourth-order valence-electron chi connectivity index (χ4n) is 2.91. The average molecular weight is 347 g/mol. The van der Waals surface area contributed by atoms with Gasteiger partial charge in [-0.05, 0) is 50.8 Å². The average Bonchev–Trinajstić information content (AvgIpc) is 3.03. The Kier molecular flexibility index (Phi) is 7.93. The molecule has 1 amide bonds. The molecule has 0 aromatic carbocycles. The van der Waals surface area contributed by atoms with Crippen molar-refractivity contribution in [2.24, 2.45) is 0 Å². The molecule has 5 nitrogen and oxygen atoms in total. The maximum atomic E-state index is 12.0. The van der Waals surface area contributed by atoms with E-state index in [0.29, 0.717) is 0 Å². The van der Waals surface area contributed by atoms with E-state index in [1.54, 1.807) is 6.20 Å². The molecule has 1 unspecified atom stereocenters.